The molecule has 4 heterocycles. The molecule has 6 heteroatoms. The Labute approximate surface area is 139 Å². The maximum absolute atomic E-state index is 12.9. The summed E-state index contributed by atoms with van der Waals surface area (Å²) in [6.07, 6.45) is 7.49. The van der Waals surface area contributed by atoms with E-state index in [1.807, 2.05) is 0 Å². The van der Waals surface area contributed by atoms with Crippen LogP contribution in [0.25, 0.3) is 0 Å². The summed E-state index contributed by atoms with van der Waals surface area (Å²) in [7, 11) is -3.44. The van der Waals surface area contributed by atoms with Crippen molar-refractivity contribution in [1.29, 1.82) is 0 Å². The fraction of sp³-hybridized carbons (Fsp3) is 0.588. The van der Waals surface area contributed by atoms with Crippen molar-refractivity contribution in [2.24, 2.45) is 5.92 Å². The second kappa shape index (κ2) is 6.71. The first kappa shape index (κ1) is 16.6. The molecule has 0 unspecified atom stereocenters. The van der Waals surface area contributed by atoms with Gasteiger partial charge in [-0.3, -0.25) is 9.88 Å². The third-order valence-corrected chi connectivity index (χ3v) is 6.61. The van der Waals surface area contributed by atoms with Crippen LogP contribution in [0.15, 0.2) is 41.1 Å². The van der Waals surface area contributed by atoms with Crippen molar-refractivity contribution in [1.82, 2.24) is 14.2 Å². The van der Waals surface area contributed by atoms with Crippen LogP contribution in [0.1, 0.15) is 26.7 Å². The Balaban J connectivity index is 1.81. The first-order valence-corrected chi connectivity index (χ1v) is 9.68. The van der Waals surface area contributed by atoms with Gasteiger partial charge in [0.15, 0.2) is 0 Å². The molecule has 0 amide bonds. The Morgan fingerprint density at radius 2 is 2.13 bits per heavy atom. The van der Waals surface area contributed by atoms with E-state index in [-0.39, 0.29) is 0 Å². The van der Waals surface area contributed by atoms with Gasteiger partial charge in [0.1, 0.15) is 4.90 Å². The van der Waals surface area contributed by atoms with E-state index in [9.17, 15) is 8.42 Å². The fourth-order valence-corrected chi connectivity index (χ4v) is 5.02. The minimum atomic E-state index is -3.44. The topological polar surface area (TPSA) is 53.5 Å². The number of pyridine rings is 1. The van der Waals surface area contributed by atoms with E-state index in [2.05, 4.69) is 29.8 Å². The molecule has 3 aliphatic rings. The van der Waals surface area contributed by atoms with Crippen molar-refractivity contribution in [3.63, 3.8) is 0 Å². The van der Waals surface area contributed by atoms with Crippen molar-refractivity contribution in [2.75, 3.05) is 26.2 Å². The number of rotatable bonds is 4. The lowest BCUT2D eigenvalue weighted by molar-refractivity contribution is 0.148. The maximum atomic E-state index is 12.9. The number of hydrogen-bond acceptors (Lipinski definition) is 4. The van der Waals surface area contributed by atoms with Gasteiger partial charge in [-0.15, -0.1) is 0 Å². The summed E-state index contributed by atoms with van der Waals surface area (Å²) in [5.74, 6) is 0.422. The van der Waals surface area contributed by atoms with E-state index < -0.39 is 10.0 Å². The molecule has 3 aliphatic heterocycles. The number of allylic oxidation sites excluding steroid dienone is 1. The molecule has 1 aromatic rings. The van der Waals surface area contributed by atoms with E-state index in [0.717, 1.165) is 25.9 Å². The van der Waals surface area contributed by atoms with Crippen LogP contribution in [-0.4, -0.2) is 54.8 Å². The Hall–Kier alpha value is -1.24. The average Bonchev–Trinajstić information content (AvgIpc) is 2.86. The molecular weight excluding hydrogens is 310 g/mol. The van der Waals surface area contributed by atoms with Gasteiger partial charge in [0.2, 0.25) is 10.0 Å². The molecule has 0 spiro atoms. The molecule has 23 heavy (non-hydrogen) atoms. The van der Waals surface area contributed by atoms with Crippen molar-refractivity contribution >= 4 is 10.0 Å². The normalized spacial score (nSPS) is 26.0. The van der Waals surface area contributed by atoms with Crippen molar-refractivity contribution in [3.05, 3.63) is 36.2 Å². The number of nitrogens with zero attached hydrogens (tertiary/aromatic N) is 3. The predicted molar refractivity (Wildman–Crippen MR) is 90.5 cm³/mol. The van der Waals surface area contributed by atoms with Gasteiger partial charge in [0.25, 0.3) is 0 Å². The van der Waals surface area contributed by atoms with Crippen LogP contribution >= 0.6 is 0 Å². The largest absolute Gasteiger partial charge is 0.295 e. The molecule has 2 bridgehead atoms. The first-order valence-electron chi connectivity index (χ1n) is 8.24. The minimum Gasteiger partial charge on any atom is -0.295 e. The first-order chi connectivity index (χ1) is 11.0. The smallest absolute Gasteiger partial charge is 0.244 e. The summed E-state index contributed by atoms with van der Waals surface area (Å²) in [4.78, 5) is 6.71. The third-order valence-electron chi connectivity index (χ3n) is 4.80. The van der Waals surface area contributed by atoms with Gasteiger partial charge in [-0.1, -0.05) is 11.6 Å². The molecule has 1 aromatic heterocycles. The van der Waals surface area contributed by atoms with Crippen molar-refractivity contribution in [2.45, 2.75) is 37.6 Å². The number of piperidine rings is 1. The molecular formula is C17H25N3O2S. The third kappa shape index (κ3) is 3.65. The van der Waals surface area contributed by atoms with Crippen LogP contribution in [0.3, 0.4) is 0 Å². The maximum Gasteiger partial charge on any atom is 0.244 e. The molecule has 0 aliphatic carbocycles. The average molecular weight is 335 g/mol. The molecule has 0 radical (unpaired) electrons. The van der Waals surface area contributed by atoms with Crippen LogP contribution in [-0.2, 0) is 10.0 Å². The van der Waals surface area contributed by atoms with Crippen LogP contribution in [0, 0.1) is 5.92 Å². The Kier molecular flexibility index (Phi) is 4.85. The minimum absolute atomic E-state index is 0.303. The lowest BCUT2D eigenvalue weighted by atomic mass is 9.95. The molecule has 126 valence electrons. The molecule has 0 saturated carbocycles. The number of fused-ring (bicyclic) bond motifs is 4. The van der Waals surface area contributed by atoms with Gasteiger partial charge in [0, 0.05) is 44.6 Å². The van der Waals surface area contributed by atoms with Gasteiger partial charge < -0.3 is 0 Å². The Bertz CT molecular complexity index is 668. The summed E-state index contributed by atoms with van der Waals surface area (Å²) in [6.45, 7) is 7.34. The summed E-state index contributed by atoms with van der Waals surface area (Å²) >= 11 is 0. The van der Waals surface area contributed by atoms with Crippen LogP contribution in [0.4, 0.5) is 0 Å². The van der Waals surface area contributed by atoms with Gasteiger partial charge in [-0.05, 0) is 44.7 Å². The van der Waals surface area contributed by atoms with Gasteiger partial charge >= 0.3 is 0 Å². The SMILES string of the molecule is CC(C)=CCN1C[C@H]2CC[C@@H]1CN(S(=O)(=O)c1cccnc1)C2. The fourth-order valence-electron chi connectivity index (χ4n) is 3.50. The molecule has 3 saturated heterocycles. The molecule has 5 nitrogen and oxygen atoms in total. The highest BCUT2D eigenvalue weighted by Gasteiger charge is 2.39. The van der Waals surface area contributed by atoms with E-state index in [1.165, 1.54) is 11.8 Å². The molecule has 0 aromatic carbocycles. The zero-order valence-corrected chi connectivity index (χ0v) is 14.7. The number of aromatic nitrogens is 1. The molecule has 0 N–H and O–H groups in total. The highest BCUT2D eigenvalue weighted by Crippen LogP contribution is 2.30. The van der Waals surface area contributed by atoms with Gasteiger partial charge in [-0.2, -0.15) is 4.31 Å². The highest BCUT2D eigenvalue weighted by atomic mass is 32.2. The molecule has 3 fully saturated rings. The van der Waals surface area contributed by atoms with Crippen molar-refractivity contribution in [3.8, 4) is 0 Å². The van der Waals surface area contributed by atoms with E-state index in [4.69, 9.17) is 0 Å². The zero-order chi connectivity index (χ0) is 16.4. The van der Waals surface area contributed by atoms with E-state index >= 15 is 0 Å². The van der Waals surface area contributed by atoms with E-state index in [0.29, 0.717) is 29.9 Å². The number of sulfonamides is 1. The van der Waals surface area contributed by atoms with Crippen LogP contribution in [0.2, 0.25) is 0 Å². The van der Waals surface area contributed by atoms with Gasteiger partial charge in [0.05, 0.1) is 0 Å². The summed E-state index contributed by atoms with van der Waals surface area (Å²) in [6, 6.07) is 3.63. The zero-order valence-electron chi connectivity index (χ0n) is 13.9. The second-order valence-electron chi connectivity index (χ2n) is 6.84. The number of hydrogen-bond donors (Lipinski definition) is 0. The Morgan fingerprint density at radius 1 is 1.30 bits per heavy atom. The van der Waals surface area contributed by atoms with Crippen molar-refractivity contribution < 1.29 is 8.42 Å². The quantitative estimate of drug-likeness (QED) is 0.791. The lowest BCUT2D eigenvalue weighted by Gasteiger charge is -2.35. The summed E-state index contributed by atoms with van der Waals surface area (Å²) < 4.78 is 27.4. The van der Waals surface area contributed by atoms with E-state index in [1.54, 1.807) is 22.6 Å². The Morgan fingerprint density at radius 3 is 2.83 bits per heavy atom. The monoisotopic (exact) mass is 335 g/mol. The van der Waals surface area contributed by atoms with Gasteiger partial charge in [-0.25, -0.2) is 8.42 Å². The van der Waals surface area contributed by atoms with Crippen LogP contribution < -0.4 is 0 Å². The second-order valence-corrected chi connectivity index (χ2v) is 8.78. The van der Waals surface area contributed by atoms with Crippen LogP contribution in [0.5, 0.6) is 0 Å². The summed E-state index contributed by atoms with van der Waals surface area (Å²) in [5.41, 5.74) is 1.31. The predicted octanol–water partition coefficient (Wildman–Crippen LogP) is 2.13. The molecule has 4 rings (SSSR count). The lowest BCUT2D eigenvalue weighted by Crippen LogP contribution is -2.44. The summed E-state index contributed by atoms with van der Waals surface area (Å²) in [5, 5.41) is 0. The standard InChI is InChI=1S/C17H25N3O2S/c1-14(2)7-9-19-11-15-5-6-16(19)13-20(12-15)23(21,22)17-4-3-8-18-10-17/h3-4,7-8,10,15-16H,5-6,9,11-13H2,1-2H3/t15-,16-/m1/s1. The highest BCUT2D eigenvalue weighted by molar-refractivity contribution is 7.89. The molecule has 2 atom stereocenters.